The van der Waals surface area contributed by atoms with Gasteiger partial charge in [-0.25, -0.2) is 9.07 Å². The molecule has 1 amide bonds. The second-order valence-electron chi connectivity index (χ2n) is 9.57. The van der Waals surface area contributed by atoms with Gasteiger partial charge in [-0.3, -0.25) is 9.69 Å². The van der Waals surface area contributed by atoms with E-state index in [1.54, 1.807) is 23.0 Å². The Morgan fingerprint density at radius 2 is 1.71 bits per heavy atom. The molecule has 0 N–H and O–H groups in total. The zero-order valence-corrected chi connectivity index (χ0v) is 19.8. The highest BCUT2D eigenvalue weighted by atomic mass is 19.1. The third-order valence-electron chi connectivity index (χ3n) is 6.81. The van der Waals surface area contributed by atoms with E-state index in [1.165, 1.54) is 12.1 Å². The van der Waals surface area contributed by atoms with E-state index in [-0.39, 0.29) is 23.9 Å². The Bertz CT molecular complexity index is 1090. The van der Waals surface area contributed by atoms with Gasteiger partial charge in [-0.2, -0.15) is 5.10 Å². The number of amides is 1. The van der Waals surface area contributed by atoms with Crippen LogP contribution in [0.25, 0.3) is 11.5 Å². The van der Waals surface area contributed by atoms with Gasteiger partial charge in [-0.1, -0.05) is 0 Å². The van der Waals surface area contributed by atoms with E-state index in [0.29, 0.717) is 23.0 Å². The van der Waals surface area contributed by atoms with Gasteiger partial charge < -0.3 is 14.2 Å². The van der Waals surface area contributed by atoms with Crippen LogP contribution >= 0.6 is 0 Å². The summed E-state index contributed by atoms with van der Waals surface area (Å²) in [5, 5.41) is 4.50. The van der Waals surface area contributed by atoms with Crippen molar-refractivity contribution in [2.45, 2.75) is 38.9 Å². The molecule has 0 aliphatic carbocycles. The normalized spacial score (nSPS) is 22.3. The van der Waals surface area contributed by atoms with Crippen molar-refractivity contribution < 1.29 is 13.9 Å². The second-order valence-corrected chi connectivity index (χ2v) is 9.57. The van der Waals surface area contributed by atoms with E-state index in [2.05, 4.69) is 23.8 Å². The number of carbonyl (C=O) groups excluding carboxylic acids is 1. The Kier molecular flexibility index (Phi) is 6.52. The summed E-state index contributed by atoms with van der Waals surface area (Å²) in [6, 6.07) is 9.96. The van der Waals surface area contributed by atoms with Crippen LogP contribution in [0, 0.1) is 11.7 Å². The Labute approximate surface area is 199 Å². The van der Waals surface area contributed by atoms with Crippen LogP contribution in [0.3, 0.4) is 0 Å². The molecule has 5 rings (SSSR count). The number of rotatable bonds is 5. The minimum atomic E-state index is -0.307. The van der Waals surface area contributed by atoms with Gasteiger partial charge in [0, 0.05) is 45.1 Å². The lowest BCUT2D eigenvalue weighted by Crippen LogP contribution is -2.48. The van der Waals surface area contributed by atoms with Crippen LogP contribution < -0.4 is 0 Å². The minimum Gasteiger partial charge on any atom is -0.373 e. The molecular weight excluding hydrogens is 433 g/mol. The van der Waals surface area contributed by atoms with Crippen LogP contribution in [0.1, 0.15) is 37.0 Å². The predicted molar refractivity (Wildman–Crippen MR) is 128 cm³/mol. The lowest BCUT2D eigenvalue weighted by Gasteiger charge is -2.39. The quantitative estimate of drug-likeness (QED) is 0.576. The van der Waals surface area contributed by atoms with Gasteiger partial charge in [0.25, 0.3) is 5.91 Å². The highest BCUT2D eigenvalue weighted by molar-refractivity contribution is 5.97. The fraction of sp³-hybridized carbons (Fsp3) is 0.462. The molecule has 7 nitrogen and oxygen atoms in total. The van der Waals surface area contributed by atoms with E-state index >= 15 is 0 Å². The van der Waals surface area contributed by atoms with E-state index in [4.69, 9.17) is 4.74 Å². The van der Waals surface area contributed by atoms with Gasteiger partial charge in [-0.05, 0) is 69.0 Å². The van der Waals surface area contributed by atoms with Gasteiger partial charge in [0.1, 0.15) is 11.4 Å². The van der Waals surface area contributed by atoms with Crippen LogP contribution in [0.4, 0.5) is 4.39 Å². The zero-order valence-electron chi connectivity index (χ0n) is 19.8. The maximum atomic E-state index is 13.6. The molecule has 34 heavy (non-hydrogen) atoms. The van der Waals surface area contributed by atoms with Crippen molar-refractivity contribution in [2.75, 3.05) is 32.7 Å². The molecule has 3 aromatic rings. The smallest absolute Gasteiger partial charge is 0.259 e. The first-order chi connectivity index (χ1) is 16.5. The van der Waals surface area contributed by atoms with Crippen molar-refractivity contribution in [3.05, 3.63) is 66.4 Å². The average Bonchev–Trinajstić information content (AvgIpc) is 3.49. The average molecular weight is 466 g/mol. The molecule has 2 aromatic heterocycles. The first-order valence-electron chi connectivity index (χ1n) is 12.1. The van der Waals surface area contributed by atoms with Crippen molar-refractivity contribution in [2.24, 2.45) is 5.92 Å². The van der Waals surface area contributed by atoms with Gasteiger partial charge >= 0.3 is 0 Å². The number of halogens is 1. The Balaban J connectivity index is 1.30. The summed E-state index contributed by atoms with van der Waals surface area (Å²) < 4.78 is 22.9. The summed E-state index contributed by atoms with van der Waals surface area (Å²) in [6.07, 6.45) is 7.96. The highest BCUT2D eigenvalue weighted by Gasteiger charge is 2.30. The van der Waals surface area contributed by atoms with Crippen LogP contribution in [0.15, 0.2) is 55.0 Å². The number of benzene rings is 1. The van der Waals surface area contributed by atoms with Crippen molar-refractivity contribution >= 4 is 5.91 Å². The molecule has 0 spiro atoms. The monoisotopic (exact) mass is 465 g/mol. The number of carbonyl (C=O) groups is 1. The lowest BCUT2D eigenvalue weighted by atomic mass is 9.95. The first kappa shape index (κ1) is 22.8. The van der Waals surface area contributed by atoms with Crippen molar-refractivity contribution in [1.29, 1.82) is 0 Å². The first-order valence-corrected chi connectivity index (χ1v) is 12.1. The summed E-state index contributed by atoms with van der Waals surface area (Å²) in [4.78, 5) is 18.0. The summed E-state index contributed by atoms with van der Waals surface area (Å²) in [6.45, 7) is 8.78. The Morgan fingerprint density at radius 3 is 2.35 bits per heavy atom. The van der Waals surface area contributed by atoms with Gasteiger partial charge in [0.05, 0.1) is 24.1 Å². The number of likely N-dealkylation sites (tertiary alicyclic amines) is 1. The maximum absolute atomic E-state index is 13.6. The third kappa shape index (κ3) is 4.79. The summed E-state index contributed by atoms with van der Waals surface area (Å²) >= 11 is 0. The van der Waals surface area contributed by atoms with Crippen LogP contribution in [0.2, 0.25) is 0 Å². The van der Waals surface area contributed by atoms with Crippen molar-refractivity contribution in [3.8, 4) is 11.5 Å². The van der Waals surface area contributed by atoms with Crippen LogP contribution in [0.5, 0.6) is 0 Å². The number of nitrogens with zero attached hydrogens (tertiary/aromatic N) is 5. The van der Waals surface area contributed by atoms with Crippen LogP contribution in [-0.2, 0) is 4.74 Å². The number of morpholine rings is 1. The summed E-state index contributed by atoms with van der Waals surface area (Å²) in [5.41, 5.74) is 1.26. The molecule has 0 radical (unpaired) electrons. The number of hydrogen-bond donors (Lipinski definition) is 0. The van der Waals surface area contributed by atoms with Crippen molar-refractivity contribution in [1.82, 2.24) is 24.1 Å². The standard InChI is InChI=1S/C26H32FN5O2/c1-19-16-29(17-20(2)34-19)18-21-9-13-31(14-10-21)26(33)24-15-28-32(23-7-5-22(27)6-8-23)25(24)30-11-3-4-12-30/h3-8,11-12,15,19-21H,9-10,13-14,16-18H2,1-2H3. The zero-order chi connectivity index (χ0) is 23.7. The number of ether oxygens (including phenoxy) is 1. The van der Waals surface area contributed by atoms with Gasteiger partial charge in [0.15, 0.2) is 5.82 Å². The summed E-state index contributed by atoms with van der Waals surface area (Å²) in [7, 11) is 0. The molecule has 180 valence electrons. The topological polar surface area (TPSA) is 55.5 Å². The highest BCUT2D eigenvalue weighted by Crippen LogP contribution is 2.25. The second kappa shape index (κ2) is 9.72. The molecule has 8 heteroatoms. The molecule has 0 bridgehead atoms. The van der Waals surface area contributed by atoms with Gasteiger partial charge in [0.2, 0.25) is 0 Å². The molecule has 2 unspecified atom stereocenters. The largest absolute Gasteiger partial charge is 0.373 e. The summed E-state index contributed by atoms with van der Waals surface area (Å²) in [5.74, 6) is 0.940. The molecule has 4 heterocycles. The maximum Gasteiger partial charge on any atom is 0.259 e. The number of aromatic nitrogens is 3. The SMILES string of the molecule is CC1CN(CC2CCN(C(=O)c3cnn(-c4ccc(F)cc4)c3-n3cccc3)CC2)CC(C)O1. The fourth-order valence-corrected chi connectivity index (χ4v) is 5.28. The Hall–Kier alpha value is -2.97. The molecule has 1 aromatic carbocycles. The van der Waals surface area contributed by atoms with E-state index in [1.807, 2.05) is 34.0 Å². The van der Waals surface area contributed by atoms with Crippen LogP contribution in [-0.4, -0.2) is 75.0 Å². The fourth-order valence-electron chi connectivity index (χ4n) is 5.28. The molecule has 0 saturated carbocycles. The molecule has 2 saturated heterocycles. The lowest BCUT2D eigenvalue weighted by molar-refractivity contribution is -0.0728. The predicted octanol–water partition coefficient (Wildman–Crippen LogP) is 3.76. The molecule has 2 fully saturated rings. The number of piperidine rings is 1. The van der Waals surface area contributed by atoms with Crippen molar-refractivity contribution in [3.63, 3.8) is 0 Å². The van der Waals surface area contributed by atoms with E-state index in [9.17, 15) is 9.18 Å². The molecule has 2 atom stereocenters. The molecule has 2 aliphatic rings. The molecular formula is C26H32FN5O2. The minimum absolute atomic E-state index is 0.0101. The Morgan fingerprint density at radius 1 is 1.06 bits per heavy atom. The van der Waals surface area contributed by atoms with E-state index < -0.39 is 0 Å². The van der Waals surface area contributed by atoms with E-state index in [0.717, 1.165) is 45.6 Å². The molecule has 2 aliphatic heterocycles. The van der Waals surface area contributed by atoms with Gasteiger partial charge in [-0.15, -0.1) is 0 Å². The third-order valence-corrected chi connectivity index (χ3v) is 6.81. The number of hydrogen-bond acceptors (Lipinski definition) is 4.